The third-order valence-corrected chi connectivity index (χ3v) is 2.51. The van der Waals surface area contributed by atoms with Crippen LogP contribution in [0.1, 0.15) is 32.1 Å². The fourth-order valence-electron chi connectivity index (χ4n) is 1.44. The molecule has 72 valence electrons. The van der Waals surface area contributed by atoms with Gasteiger partial charge in [0.1, 0.15) is 0 Å². The summed E-state index contributed by atoms with van der Waals surface area (Å²) in [7, 11) is 0. The molecule has 0 spiro atoms. The predicted octanol–water partition coefficient (Wildman–Crippen LogP) is 3.69. The molecule has 0 aromatic carbocycles. The van der Waals surface area contributed by atoms with Crippen molar-refractivity contribution >= 4 is 11.8 Å². The highest BCUT2D eigenvalue weighted by Gasteiger charge is 2.04. The van der Waals surface area contributed by atoms with Crippen LogP contribution in [0.2, 0.25) is 0 Å². The van der Waals surface area contributed by atoms with Gasteiger partial charge in [-0.15, -0.1) is 6.58 Å². The lowest BCUT2D eigenvalue weighted by molar-refractivity contribution is 0.759. The van der Waals surface area contributed by atoms with Gasteiger partial charge in [0.05, 0.1) is 0 Å². The molecule has 0 bridgehead atoms. The highest BCUT2D eigenvalue weighted by molar-refractivity contribution is 6.14. The molecule has 0 aliphatic heterocycles. The van der Waals surface area contributed by atoms with E-state index in [0.717, 1.165) is 25.0 Å². The van der Waals surface area contributed by atoms with Crippen LogP contribution in [0, 0.1) is 0 Å². The molecule has 0 unspecified atom stereocenters. The largest absolute Gasteiger partial charge is 0.303 e. The molecule has 1 rings (SSSR count). The second-order valence-corrected chi connectivity index (χ2v) is 3.48. The molecule has 13 heavy (non-hydrogen) atoms. The number of hydrogen-bond acceptors (Lipinski definition) is 1. The Bertz CT molecular complexity index is 228. The molecule has 2 heteroatoms. The lowest BCUT2D eigenvalue weighted by Gasteiger charge is -2.12. The van der Waals surface area contributed by atoms with Crippen LogP contribution >= 0.6 is 11.8 Å². The van der Waals surface area contributed by atoms with E-state index in [4.69, 9.17) is 11.8 Å². The van der Waals surface area contributed by atoms with Crippen LogP contribution in [0.15, 0.2) is 36.1 Å². The molecule has 0 amide bonds. The smallest absolute Gasteiger partial charge is 0.0268 e. The summed E-state index contributed by atoms with van der Waals surface area (Å²) in [4.78, 5) is 2.66. The SMILES string of the molecule is C=CCCCC1=CC=C(NCl)CC1. The van der Waals surface area contributed by atoms with Crippen LogP contribution in [0.3, 0.4) is 0 Å². The fourth-order valence-corrected chi connectivity index (χ4v) is 1.60. The van der Waals surface area contributed by atoms with Crippen molar-refractivity contribution in [2.24, 2.45) is 0 Å². The van der Waals surface area contributed by atoms with E-state index in [2.05, 4.69) is 23.6 Å². The average Bonchev–Trinajstić information content (AvgIpc) is 2.19. The van der Waals surface area contributed by atoms with Crippen molar-refractivity contribution in [1.29, 1.82) is 0 Å². The van der Waals surface area contributed by atoms with Gasteiger partial charge in [-0.1, -0.05) is 17.7 Å². The molecular formula is C11H16ClN. The number of hydrogen-bond donors (Lipinski definition) is 1. The number of nitrogens with one attached hydrogen (secondary N) is 1. The maximum atomic E-state index is 5.49. The van der Waals surface area contributed by atoms with Crippen molar-refractivity contribution in [2.45, 2.75) is 32.1 Å². The van der Waals surface area contributed by atoms with Crippen molar-refractivity contribution in [3.05, 3.63) is 36.1 Å². The second kappa shape index (κ2) is 5.87. The van der Waals surface area contributed by atoms with Gasteiger partial charge in [-0.05, 0) is 38.2 Å². The predicted molar refractivity (Wildman–Crippen MR) is 58.4 cm³/mol. The molecule has 1 aliphatic carbocycles. The maximum absolute atomic E-state index is 5.49. The van der Waals surface area contributed by atoms with Crippen molar-refractivity contribution in [1.82, 2.24) is 4.84 Å². The fraction of sp³-hybridized carbons (Fsp3) is 0.455. The van der Waals surface area contributed by atoms with Gasteiger partial charge >= 0.3 is 0 Å². The summed E-state index contributed by atoms with van der Waals surface area (Å²) in [6.45, 7) is 3.71. The Morgan fingerprint density at radius 2 is 2.31 bits per heavy atom. The van der Waals surface area contributed by atoms with E-state index in [9.17, 15) is 0 Å². The molecular weight excluding hydrogens is 182 g/mol. The number of halogens is 1. The second-order valence-electron chi connectivity index (χ2n) is 3.29. The minimum absolute atomic E-state index is 1.05. The summed E-state index contributed by atoms with van der Waals surface area (Å²) in [6, 6.07) is 0. The van der Waals surface area contributed by atoms with E-state index in [-0.39, 0.29) is 0 Å². The zero-order chi connectivity index (χ0) is 9.52. The lowest BCUT2D eigenvalue weighted by Crippen LogP contribution is -2.02. The summed E-state index contributed by atoms with van der Waals surface area (Å²) in [5.74, 6) is 0. The molecule has 0 aromatic rings. The first-order valence-electron chi connectivity index (χ1n) is 4.73. The summed E-state index contributed by atoms with van der Waals surface area (Å²) < 4.78 is 0. The molecule has 0 saturated carbocycles. The first kappa shape index (κ1) is 10.4. The Kier molecular flexibility index (Phi) is 4.69. The zero-order valence-corrected chi connectivity index (χ0v) is 8.61. The van der Waals surface area contributed by atoms with Gasteiger partial charge in [0, 0.05) is 17.5 Å². The van der Waals surface area contributed by atoms with Gasteiger partial charge in [0.25, 0.3) is 0 Å². The summed E-state index contributed by atoms with van der Waals surface area (Å²) in [5, 5.41) is 0. The molecule has 0 aromatic heterocycles. The quantitative estimate of drug-likeness (QED) is 0.403. The first-order valence-corrected chi connectivity index (χ1v) is 5.10. The molecule has 0 heterocycles. The number of allylic oxidation sites excluding steroid dienone is 5. The maximum Gasteiger partial charge on any atom is 0.0268 e. The lowest BCUT2D eigenvalue weighted by atomic mass is 9.98. The van der Waals surface area contributed by atoms with Crippen LogP contribution in [-0.4, -0.2) is 0 Å². The van der Waals surface area contributed by atoms with E-state index in [1.165, 1.54) is 18.4 Å². The average molecular weight is 198 g/mol. The molecule has 1 aliphatic rings. The van der Waals surface area contributed by atoms with Crippen LogP contribution < -0.4 is 4.84 Å². The summed E-state index contributed by atoms with van der Waals surface area (Å²) >= 11 is 5.49. The monoisotopic (exact) mass is 197 g/mol. The van der Waals surface area contributed by atoms with E-state index in [1.54, 1.807) is 0 Å². The summed E-state index contributed by atoms with van der Waals surface area (Å²) in [6.07, 6.45) is 11.9. The molecule has 1 N–H and O–H groups in total. The number of rotatable bonds is 5. The minimum atomic E-state index is 1.05. The topological polar surface area (TPSA) is 12.0 Å². The van der Waals surface area contributed by atoms with Crippen LogP contribution in [-0.2, 0) is 0 Å². The zero-order valence-electron chi connectivity index (χ0n) is 7.85. The van der Waals surface area contributed by atoms with E-state index < -0.39 is 0 Å². The van der Waals surface area contributed by atoms with Gasteiger partial charge in [-0.2, -0.15) is 0 Å². The van der Waals surface area contributed by atoms with Crippen LogP contribution in [0.5, 0.6) is 0 Å². The summed E-state index contributed by atoms with van der Waals surface area (Å²) in [5.41, 5.74) is 2.65. The number of unbranched alkanes of at least 4 members (excludes halogenated alkanes) is 1. The molecule has 0 fully saturated rings. The van der Waals surface area contributed by atoms with Crippen molar-refractivity contribution in [2.75, 3.05) is 0 Å². The third-order valence-electron chi connectivity index (χ3n) is 2.26. The highest BCUT2D eigenvalue weighted by Crippen LogP contribution is 2.21. The standard InChI is InChI=1S/C11H16ClN/c1-2-3-4-5-10-6-8-11(13-12)9-7-10/h2,6,8,13H,1,3-5,7,9H2. The van der Waals surface area contributed by atoms with Gasteiger partial charge in [0.15, 0.2) is 0 Å². The van der Waals surface area contributed by atoms with Crippen molar-refractivity contribution < 1.29 is 0 Å². The molecule has 0 saturated heterocycles. The van der Waals surface area contributed by atoms with E-state index in [0.29, 0.717) is 0 Å². The minimum Gasteiger partial charge on any atom is -0.303 e. The molecule has 1 nitrogen and oxygen atoms in total. The molecule has 0 radical (unpaired) electrons. The normalized spacial score (nSPS) is 16.1. The van der Waals surface area contributed by atoms with Crippen LogP contribution in [0.25, 0.3) is 0 Å². The van der Waals surface area contributed by atoms with E-state index >= 15 is 0 Å². The van der Waals surface area contributed by atoms with Crippen molar-refractivity contribution in [3.63, 3.8) is 0 Å². The Morgan fingerprint density at radius 3 is 2.85 bits per heavy atom. The molecule has 0 atom stereocenters. The van der Waals surface area contributed by atoms with Gasteiger partial charge in [0.2, 0.25) is 0 Å². The van der Waals surface area contributed by atoms with Gasteiger partial charge < -0.3 is 4.84 Å². The Balaban J connectivity index is 2.32. The van der Waals surface area contributed by atoms with E-state index in [1.807, 2.05) is 6.08 Å². The van der Waals surface area contributed by atoms with Gasteiger partial charge in [-0.3, -0.25) is 0 Å². The van der Waals surface area contributed by atoms with Crippen LogP contribution in [0.4, 0.5) is 0 Å². The Labute approximate surface area is 85.3 Å². The highest BCUT2D eigenvalue weighted by atomic mass is 35.5. The Hall–Kier alpha value is -0.690. The van der Waals surface area contributed by atoms with Crippen molar-refractivity contribution in [3.8, 4) is 0 Å². The van der Waals surface area contributed by atoms with Gasteiger partial charge in [-0.25, -0.2) is 0 Å². The Morgan fingerprint density at radius 1 is 1.46 bits per heavy atom. The first-order chi connectivity index (χ1) is 6.36. The third kappa shape index (κ3) is 3.69.